The molecule has 0 aliphatic carbocycles. The van der Waals surface area contributed by atoms with Crippen LogP contribution < -0.4 is 10.6 Å². The predicted octanol–water partition coefficient (Wildman–Crippen LogP) is 0.511. The lowest BCUT2D eigenvalue weighted by Gasteiger charge is -2.19. The second kappa shape index (κ2) is 7.98. The normalized spacial score (nSPS) is 12.9. The van der Waals surface area contributed by atoms with Gasteiger partial charge in [-0.15, -0.1) is 0 Å². The predicted molar refractivity (Wildman–Crippen MR) is 64.5 cm³/mol. The molecule has 19 heavy (non-hydrogen) atoms. The molecule has 1 atom stereocenters. The number of nitrogens with one attached hydrogen (secondary N) is 2. The van der Waals surface area contributed by atoms with Crippen LogP contribution >= 0.6 is 0 Å². The van der Waals surface area contributed by atoms with Gasteiger partial charge < -0.3 is 15.5 Å². The molecule has 0 aliphatic heterocycles. The third-order valence-corrected chi connectivity index (χ3v) is 2.33. The maximum atomic E-state index is 11.9. The molecule has 0 aromatic rings. The molecule has 0 heterocycles. The van der Waals surface area contributed by atoms with Crippen molar-refractivity contribution in [3.63, 3.8) is 0 Å². The van der Waals surface area contributed by atoms with Gasteiger partial charge in [0.05, 0.1) is 6.54 Å². The number of amides is 2. The van der Waals surface area contributed by atoms with Crippen LogP contribution in [0.15, 0.2) is 0 Å². The quantitative estimate of drug-likeness (QED) is 0.716. The first-order valence-corrected chi connectivity index (χ1v) is 5.96. The minimum absolute atomic E-state index is 0.0433. The van der Waals surface area contributed by atoms with Crippen LogP contribution in [0.4, 0.5) is 13.2 Å². The molecule has 0 bridgehead atoms. The first kappa shape index (κ1) is 17.7. The molecular formula is C11H20F3N3O2. The van der Waals surface area contributed by atoms with Crippen molar-refractivity contribution in [3.8, 4) is 0 Å². The third kappa shape index (κ3) is 9.29. The molecule has 2 N–H and O–H groups in total. The van der Waals surface area contributed by atoms with Gasteiger partial charge in [-0.2, -0.15) is 13.2 Å². The second-order valence-corrected chi connectivity index (χ2v) is 4.30. The van der Waals surface area contributed by atoms with Crippen LogP contribution in [0.1, 0.15) is 20.3 Å². The minimum Gasteiger partial charge on any atom is -0.345 e. The van der Waals surface area contributed by atoms with E-state index in [0.717, 1.165) is 4.90 Å². The number of hydrogen-bond donors (Lipinski definition) is 2. The summed E-state index contributed by atoms with van der Waals surface area (Å²) in [6.07, 6.45) is -4.26. The number of carbonyl (C=O) groups excluding carboxylic acids is 2. The first-order chi connectivity index (χ1) is 8.65. The van der Waals surface area contributed by atoms with Gasteiger partial charge in [-0.3, -0.25) is 9.59 Å². The number of hydrogen-bond acceptors (Lipinski definition) is 3. The number of nitrogens with zero attached hydrogens (tertiary/aromatic N) is 1. The maximum Gasteiger partial charge on any atom is 0.405 e. The second-order valence-electron chi connectivity index (χ2n) is 4.30. The molecular weight excluding hydrogens is 263 g/mol. The van der Waals surface area contributed by atoms with Crippen LogP contribution in [0.3, 0.4) is 0 Å². The third-order valence-electron chi connectivity index (χ3n) is 2.33. The van der Waals surface area contributed by atoms with Crippen molar-refractivity contribution in [3.05, 3.63) is 0 Å². The van der Waals surface area contributed by atoms with Crippen molar-refractivity contribution < 1.29 is 22.8 Å². The number of carbonyl (C=O) groups is 2. The van der Waals surface area contributed by atoms with Crippen molar-refractivity contribution >= 4 is 11.8 Å². The van der Waals surface area contributed by atoms with Crippen molar-refractivity contribution in [2.24, 2.45) is 0 Å². The van der Waals surface area contributed by atoms with E-state index in [1.807, 2.05) is 13.8 Å². The lowest BCUT2D eigenvalue weighted by atomic mass is 10.2. The highest BCUT2D eigenvalue weighted by Gasteiger charge is 2.28. The lowest BCUT2D eigenvalue weighted by molar-refractivity contribution is -0.141. The summed E-state index contributed by atoms with van der Waals surface area (Å²) in [5.74, 6) is -1.13. The monoisotopic (exact) mass is 283 g/mol. The van der Waals surface area contributed by atoms with E-state index in [0.29, 0.717) is 6.54 Å². The van der Waals surface area contributed by atoms with E-state index in [-0.39, 0.29) is 24.9 Å². The van der Waals surface area contributed by atoms with Gasteiger partial charge in [-0.05, 0) is 13.5 Å². The number of halogens is 3. The van der Waals surface area contributed by atoms with E-state index in [9.17, 15) is 22.8 Å². The molecule has 112 valence electrons. The van der Waals surface area contributed by atoms with Crippen LogP contribution in [0, 0.1) is 0 Å². The summed E-state index contributed by atoms with van der Waals surface area (Å²) in [7, 11) is 1.38. The topological polar surface area (TPSA) is 61.4 Å². The van der Waals surface area contributed by atoms with E-state index < -0.39 is 18.6 Å². The molecule has 0 saturated heterocycles. The fourth-order valence-electron chi connectivity index (χ4n) is 1.40. The molecule has 0 saturated carbocycles. The maximum absolute atomic E-state index is 11.9. The van der Waals surface area contributed by atoms with Crippen LogP contribution in [0.2, 0.25) is 0 Å². The van der Waals surface area contributed by atoms with Gasteiger partial charge >= 0.3 is 6.18 Å². The fourth-order valence-corrected chi connectivity index (χ4v) is 1.40. The van der Waals surface area contributed by atoms with Crippen molar-refractivity contribution in [2.75, 3.05) is 26.7 Å². The van der Waals surface area contributed by atoms with Crippen LogP contribution in [0.5, 0.6) is 0 Å². The van der Waals surface area contributed by atoms with Gasteiger partial charge in [-0.1, -0.05) is 6.92 Å². The molecule has 0 rings (SSSR count). The summed E-state index contributed by atoms with van der Waals surface area (Å²) in [5, 5.41) is 4.75. The zero-order valence-corrected chi connectivity index (χ0v) is 11.3. The molecule has 5 nitrogen and oxygen atoms in total. The fraction of sp³-hybridized carbons (Fsp3) is 0.818. The molecule has 1 unspecified atom stereocenters. The zero-order chi connectivity index (χ0) is 15.1. The summed E-state index contributed by atoms with van der Waals surface area (Å²) in [6.45, 7) is 2.66. The standard InChI is InChI=1S/C11H20F3N3O2/c1-4-15-8(2)5-10(19)17(3)6-9(18)16-7-11(12,13)14/h8,15H,4-7H2,1-3H3,(H,16,18). The average Bonchev–Trinajstić information content (AvgIpc) is 2.25. The number of alkyl halides is 3. The van der Waals surface area contributed by atoms with E-state index in [2.05, 4.69) is 5.32 Å². The van der Waals surface area contributed by atoms with Crippen LogP contribution in [0.25, 0.3) is 0 Å². The van der Waals surface area contributed by atoms with Gasteiger partial charge in [0.2, 0.25) is 11.8 Å². The highest BCUT2D eigenvalue weighted by Crippen LogP contribution is 2.11. The number of likely N-dealkylation sites (N-methyl/N-ethyl adjacent to an activating group) is 1. The van der Waals surface area contributed by atoms with Gasteiger partial charge in [0, 0.05) is 19.5 Å². The van der Waals surface area contributed by atoms with Crippen molar-refractivity contribution in [2.45, 2.75) is 32.5 Å². The number of rotatable bonds is 7. The molecule has 0 aliphatic rings. The lowest BCUT2D eigenvalue weighted by Crippen LogP contribution is -2.43. The first-order valence-electron chi connectivity index (χ1n) is 5.96. The Bertz CT molecular complexity index is 308. The Balaban J connectivity index is 4.04. The Morgan fingerprint density at radius 1 is 1.32 bits per heavy atom. The molecule has 0 aromatic carbocycles. The van der Waals surface area contributed by atoms with E-state index in [1.165, 1.54) is 7.05 Å². The largest absolute Gasteiger partial charge is 0.405 e. The van der Waals surface area contributed by atoms with E-state index >= 15 is 0 Å². The Kier molecular flexibility index (Phi) is 7.43. The van der Waals surface area contributed by atoms with Gasteiger partial charge in [0.1, 0.15) is 6.54 Å². The molecule has 0 spiro atoms. The van der Waals surface area contributed by atoms with Gasteiger partial charge in [0.25, 0.3) is 0 Å². The summed E-state index contributed by atoms with van der Waals surface area (Å²) in [6, 6.07) is -0.0433. The molecule has 0 aromatic heterocycles. The Morgan fingerprint density at radius 3 is 2.37 bits per heavy atom. The Labute approximate surface area is 110 Å². The van der Waals surface area contributed by atoms with Crippen molar-refractivity contribution in [1.82, 2.24) is 15.5 Å². The Morgan fingerprint density at radius 2 is 1.89 bits per heavy atom. The minimum atomic E-state index is -4.45. The van der Waals surface area contributed by atoms with Crippen LogP contribution in [-0.2, 0) is 9.59 Å². The summed E-state index contributed by atoms with van der Waals surface area (Å²) in [4.78, 5) is 24.0. The SMILES string of the molecule is CCNC(C)CC(=O)N(C)CC(=O)NCC(F)(F)F. The van der Waals surface area contributed by atoms with Gasteiger partial charge in [-0.25, -0.2) is 0 Å². The van der Waals surface area contributed by atoms with Crippen molar-refractivity contribution in [1.29, 1.82) is 0 Å². The summed E-state index contributed by atoms with van der Waals surface area (Å²) < 4.78 is 35.6. The Hall–Kier alpha value is -1.31. The van der Waals surface area contributed by atoms with E-state index in [4.69, 9.17) is 0 Å². The van der Waals surface area contributed by atoms with Gasteiger partial charge in [0.15, 0.2) is 0 Å². The highest BCUT2D eigenvalue weighted by molar-refractivity contribution is 5.84. The summed E-state index contributed by atoms with van der Waals surface area (Å²) >= 11 is 0. The molecule has 8 heteroatoms. The molecule has 0 fully saturated rings. The van der Waals surface area contributed by atoms with E-state index in [1.54, 1.807) is 5.32 Å². The highest BCUT2D eigenvalue weighted by atomic mass is 19.4. The molecule has 0 radical (unpaired) electrons. The summed E-state index contributed by atoms with van der Waals surface area (Å²) in [5.41, 5.74) is 0. The zero-order valence-electron chi connectivity index (χ0n) is 11.3. The van der Waals surface area contributed by atoms with Crippen LogP contribution in [-0.4, -0.2) is 55.6 Å². The molecule has 2 amide bonds. The smallest absolute Gasteiger partial charge is 0.345 e. The average molecular weight is 283 g/mol.